The van der Waals surface area contributed by atoms with E-state index in [1.54, 1.807) is 0 Å². The van der Waals surface area contributed by atoms with Crippen LogP contribution in [0.15, 0.2) is 0 Å². The first-order valence-corrected chi connectivity index (χ1v) is 25.6. The third-order valence-electron chi connectivity index (χ3n) is 12.2. The van der Waals surface area contributed by atoms with Crippen LogP contribution in [0, 0.1) is 0 Å². The molecule has 0 amide bonds. The third-order valence-corrected chi connectivity index (χ3v) is 12.2. The van der Waals surface area contributed by atoms with E-state index in [1.165, 1.54) is 180 Å². The minimum Gasteiger partial charge on any atom is -0.462 e. The fourth-order valence-electron chi connectivity index (χ4n) is 8.19. The zero-order chi connectivity index (χ0) is 43.7. The molecule has 0 aliphatic carbocycles. The Morgan fingerprint density at radius 2 is 0.783 bits per heavy atom. The lowest BCUT2D eigenvalue weighted by atomic mass is 9.99. The largest absolute Gasteiger partial charge is 0.462 e. The number of esters is 2. The van der Waals surface area contributed by atoms with E-state index in [9.17, 15) is 30.0 Å². The van der Waals surface area contributed by atoms with Crippen molar-refractivity contribution in [2.75, 3.05) is 19.8 Å². The molecule has 1 aliphatic heterocycles. The fraction of sp³-hybridized carbons (Fsp3) is 0.960. The molecule has 1 aliphatic rings. The van der Waals surface area contributed by atoms with Gasteiger partial charge in [-0.25, -0.2) is 0 Å². The van der Waals surface area contributed by atoms with Gasteiger partial charge in [0.2, 0.25) is 0 Å². The molecule has 0 aromatic rings. The number of ether oxygens (including phenoxy) is 4. The number of unbranched alkanes of at least 4 members (excludes halogenated alkanes) is 33. The Morgan fingerprint density at radius 3 is 1.13 bits per heavy atom. The van der Waals surface area contributed by atoms with Gasteiger partial charge in [0, 0.05) is 12.8 Å². The molecule has 0 spiro atoms. The van der Waals surface area contributed by atoms with Gasteiger partial charge in [-0.15, -0.1) is 0 Å². The number of rotatable bonds is 44. The highest BCUT2D eigenvalue weighted by Crippen LogP contribution is 2.23. The van der Waals surface area contributed by atoms with Crippen LogP contribution >= 0.6 is 0 Å². The molecular formula is C50H96O10. The second kappa shape index (κ2) is 41.7. The number of aliphatic hydroxyl groups excluding tert-OH is 4. The van der Waals surface area contributed by atoms with Gasteiger partial charge in [0.05, 0.1) is 13.2 Å². The van der Waals surface area contributed by atoms with Crippen LogP contribution in [0.3, 0.4) is 0 Å². The molecule has 0 saturated carbocycles. The molecule has 60 heavy (non-hydrogen) atoms. The molecule has 4 N–H and O–H groups in total. The number of aliphatic hydroxyl groups is 4. The average Bonchev–Trinajstić information content (AvgIpc) is 3.25. The maximum atomic E-state index is 12.8. The molecule has 1 fully saturated rings. The summed E-state index contributed by atoms with van der Waals surface area (Å²) in [5.74, 6) is -0.787. The molecule has 10 heteroatoms. The molecule has 2 unspecified atom stereocenters. The molecule has 356 valence electrons. The summed E-state index contributed by atoms with van der Waals surface area (Å²) in [5.41, 5.74) is 0. The maximum absolute atomic E-state index is 12.8. The second-order valence-electron chi connectivity index (χ2n) is 18.0. The van der Waals surface area contributed by atoms with Crippen LogP contribution in [-0.2, 0) is 28.5 Å². The predicted molar refractivity (Wildman–Crippen MR) is 243 cm³/mol. The maximum Gasteiger partial charge on any atom is 0.306 e. The SMILES string of the molecule is CCCCCCCCCCCCCCCCCCCCCCCC(=O)OC[C@@H](CO[C@H]1O[C@@H](CO)[C@@H](O)C(O)C1O)OC(=O)CCCCCCCCCCCCCCCC. The van der Waals surface area contributed by atoms with Gasteiger partial charge in [-0.3, -0.25) is 9.59 Å². The number of hydrogen-bond acceptors (Lipinski definition) is 10. The van der Waals surface area contributed by atoms with E-state index in [4.69, 9.17) is 18.9 Å². The smallest absolute Gasteiger partial charge is 0.306 e. The van der Waals surface area contributed by atoms with Gasteiger partial charge in [-0.1, -0.05) is 226 Å². The van der Waals surface area contributed by atoms with Crippen molar-refractivity contribution in [2.24, 2.45) is 0 Å². The van der Waals surface area contributed by atoms with Gasteiger partial charge >= 0.3 is 11.9 Å². The van der Waals surface area contributed by atoms with Crippen molar-refractivity contribution in [1.82, 2.24) is 0 Å². The number of carbonyl (C=O) groups is 2. The topological polar surface area (TPSA) is 152 Å². The predicted octanol–water partition coefficient (Wildman–Crippen LogP) is 11.7. The minimum absolute atomic E-state index is 0.208. The summed E-state index contributed by atoms with van der Waals surface area (Å²) in [5, 5.41) is 40.2. The monoisotopic (exact) mass is 857 g/mol. The summed E-state index contributed by atoms with van der Waals surface area (Å²) in [4.78, 5) is 25.4. The van der Waals surface area contributed by atoms with Gasteiger partial charge in [0.15, 0.2) is 12.4 Å². The van der Waals surface area contributed by atoms with E-state index in [0.29, 0.717) is 6.42 Å². The van der Waals surface area contributed by atoms with Crippen LogP contribution in [0.25, 0.3) is 0 Å². The minimum atomic E-state index is -1.59. The highest BCUT2D eigenvalue weighted by Gasteiger charge is 2.44. The lowest BCUT2D eigenvalue weighted by molar-refractivity contribution is -0.305. The third kappa shape index (κ3) is 32.4. The second-order valence-corrected chi connectivity index (χ2v) is 18.0. The Morgan fingerprint density at radius 1 is 0.450 bits per heavy atom. The first-order chi connectivity index (χ1) is 29.3. The number of hydrogen-bond donors (Lipinski definition) is 4. The molecule has 0 aromatic heterocycles. The standard InChI is InChI=1S/C50H96O10/c1-3-5-7-9-11-13-15-17-19-20-21-22-23-24-25-27-28-30-32-34-36-38-45(52)57-41-43(42-58-50-49(56)48(55)47(54)44(40-51)60-50)59-46(53)39-37-35-33-31-29-26-18-16-14-12-10-8-6-4-2/h43-44,47-51,54-56H,3-42H2,1-2H3/t43-,44-,47+,48?,49?,50-/m0/s1. The lowest BCUT2D eigenvalue weighted by Crippen LogP contribution is -2.59. The molecule has 0 bridgehead atoms. The van der Waals surface area contributed by atoms with E-state index >= 15 is 0 Å². The fourth-order valence-corrected chi connectivity index (χ4v) is 8.19. The Kier molecular flexibility index (Phi) is 39.4. The Bertz CT molecular complexity index is 948. The van der Waals surface area contributed by atoms with Crippen LogP contribution in [0.1, 0.15) is 251 Å². The van der Waals surface area contributed by atoms with Crippen LogP contribution in [-0.4, -0.2) is 89.0 Å². The van der Waals surface area contributed by atoms with Crippen molar-refractivity contribution in [3.8, 4) is 0 Å². The van der Waals surface area contributed by atoms with Crippen molar-refractivity contribution in [3.63, 3.8) is 0 Å². The molecule has 1 heterocycles. The van der Waals surface area contributed by atoms with E-state index < -0.39 is 49.4 Å². The molecule has 1 saturated heterocycles. The zero-order valence-electron chi connectivity index (χ0n) is 39.0. The highest BCUT2D eigenvalue weighted by atomic mass is 16.7. The Balaban J connectivity index is 2.22. The van der Waals surface area contributed by atoms with Gasteiger partial charge in [0.25, 0.3) is 0 Å². The molecular weight excluding hydrogens is 761 g/mol. The summed E-state index contributed by atoms with van der Waals surface area (Å²) in [6.45, 7) is 3.47. The van der Waals surface area contributed by atoms with Crippen molar-refractivity contribution >= 4 is 11.9 Å². The molecule has 0 radical (unpaired) electrons. The Hall–Kier alpha value is -1.30. The summed E-state index contributed by atoms with van der Waals surface area (Å²) < 4.78 is 22.2. The van der Waals surface area contributed by atoms with E-state index in [0.717, 1.165) is 38.5 Å². The van der Waals surface area contributed by atoms with Crippen LogP contribution in [0.2, 0.25) is 0 Å². The van der Waals surface area contributed by atoms with Crippen molar-refractivity contribution in [3.05, 3.63) is 0 Å². The average molecular weight is 857 g/mol. The van der Waals surface area contributed by atoms with Gasteiger partial charge in [-0.05, 0) is 12.8 Å². The summed E-state index contributed by atoms with van der Waals surface area (Å²) in [7, 11) is 0. The van der Waals surface area contributed by atoms with E-state index in [-0.39, 0.29) is 32.0 Å². The molecule has 0 aromatic carbocycles. The lowest BCUT2D eigenvalue weighted by Gasteiger charge is -2.39. The summed E-state index contributed by atoms with van der Waals surface area (Å²) >= 11 is 0. The number of carbonyl (C=O) groups excluding carboxylic acids is 2. The van der Waals surface area contributed by atoms with Crippen molar-refractivity contribution < 1.29 is 49.0 Å². The first-order valence-electron chi connectivity index (χ1n) is 25.6. The molecule has 6 atom stereocenters. The molecule has 1 rings (SSSR count). The zero-order valence-corrected chi connectivity index (χ0v) is 39.0. The van der Waals surface area contributed by atoms with Gasteiger partial charge in [0.1, 0.15) is 31.0 Å². The van der Waals surface area contributed by atoms with Crippen molar-refractivity contribution in [1.29, 1.82) is 0 Å². The highest BCUT2D eigenvalue weighted by molar-refractivity contribution is 5.70. The quantitative estimate of drug-likeness (QED) is 0.0344. The normalized spacial score (nSPS) is 19.7. The summed E-state index contributed by atoms with van der Waals surface area (Å²) in [6.07, 6.45) is 36.8. The van der Waals surface area contributed by atoms with E-state index in [1.807, 2.05) is 0 Å². The van der Waals surface area contributed by atoms with Crippen LogP contribution in [0.5, 0.6) is 0 Å². The van der Waals surface area contributed by atoms with Crippen LogP contribution < -0.4 is 0 Å². The first kappa shape index (κ1) is 56.7. The van der Waals surface area contributed by atoms with Crippen molar-refractivity contribution in [2.45, 2.75) is 288 Å². The van der Waals surface area contributed by atoms with Gasteiger partial charge < -0.3 is 39.4 Å². The summed E-state index contributed by atoms with van der Waals surface area (Å²) in [6, 6.07) is 0. The van der Waals surface area contributed by atoms with Gasteiger partial charge in [-0.2, -0.15) is 0 Å². The van der Waals surface area contributed by atoms with E-state index in [2.05, 4.69) is 13.8 Å². The molecule has 10 nitrogen and oxygen atoms in total. The van der Waals surface area contributed by atoms with Crippen LogP contribution in [0.4, 0.5) is 0 Å². The Labute approximate surface area is 368 Å².